The molecule has 19 heteroatoms. The van der Waals surface area contributed by atoms with Gasteiger partial charge in [-0.2, -0.15) is 0 Å². The van der Waals surface area contributed by atoms with Gasteiger partial charge in [0, 0.05) is 53.0 Å². The predicted molar refractivity (Wildman–Crippen MR) is 325 cm³/mol. The summed E-state index contributed by atoms with van der Waals surface area (Å²) in [7, 11) is 0. The Bertz CT molecular complexity index is 2660. The number of ketones is 2. The van der Waals surface area contributed by atoms with E-state index in [0.29, 0.717) is 44.1 Å². The topological polar surface area (TPSA) is 313 Å². The lowest BCUT2D eigenvalue weighted by molar-refractivity contribution is -0.342. The third kappa shape index (κ3) is 10.9. The molecule has 9 saturated carbocycles. The van der Waals surface area contributed by atoms with Gasteiger partial charge < -0.3 is 75.7 Å². The van der Waals surface area contributed by atoms with Gasteiger partial charge in [-0.1, -0.05) is 103 Å². The summed E-state index contributed by atoms with van der Waals surface area (Å²) in [6.45, 7) is 8.77. The first kappa shape index (κ1) is 67.8. The van der Waals surface area contributed by atoms with Crippen molar-refractivity contribution in [1.29, 1.82) is 0 Å². The Kier molecular flexibility index (Phi) is 19.4. The maximum atomic E-state index is 16.9. The van der Waals surface area contributed by atoms with Crippen LogP contribution in [0.15, 0.2) is 35.5 Å². The van der Waals surface area contributed by atoms with Crippen molar-refractivity contribution in [2.45, 2.75) is 279 Å². The zero-order chi connectivity index (χ0) is 64.0. The van der Waals surface area contributed by atoms with E-state index in [4.69, 9.17) is 14.2 Å². The SMILES string of the molecule is C1CCC(C(CC2CCCCN2)C2CCCCC2)CC1.C[C@@H]1C[C@H]2[C@@H]3CCC4=CC(=O)C=C[C@]4(C)[C@@]3(F)[C@@H](O)C[C@]2(C)[C@@]1(O)C(=O)CO.C[C@@H]1O[C@@H](O[C@H]2C[C@@H](O)[C@]3(CO)[C@H]4[C@H](O)C[C@]5(C)[C@@H](C6=CC(=O)OC6)CC[C@]5(O)[C@@H]4CC[C@]3(O)C2)[C@H](O)[C@H](O)[C@H]1O. The molecule has 13 rings (SSSR count). The van der Waals surface area contributed by atoms with Gasteiger partial charge in [0.05, 0.1) is 53.7 Å². The lowest BCUT2D eigenvalue weighted by Gasteiger charge is -2.68. The van der Waals surface area contributed by atoms with Gasteiger partial charge in [-0.05, 0) is 157 Å². The Labute approximate surface area is 525 Å². The van der Waals surface area contributed by atoms with Crippen molar-refractivity contribution in [2.75, 3.05) is 26.4 Å². The second-order valence-electron chi connectivity index (χ2n) is 31.4. The molecule has 2 saturated heterocycles. The number of fused-ring (bicyclic) bond motifs is 10. The fourth-order valence-corrected chi connectivity index (χ4v) is 22.7. The number of hydrogen-bond acceptors (Lipinski definition) is 18. The van der Waals surface area contributed by atoms with Crippen LogP contribution in [0.25, 0.3) is 0 Å². The van der Waals surface area contributed by atoms with E-state index in [0.717, 1.165) is 29.4 Å². The lowest BCUT2D eigenvalue weighted by Crippen LogP contribution is -2.76. The molecule has 0 radical (unpaired) electrons. The lowest BCUT2D eigenvalue weighted by atomic mass is 9.40. The molecular formula is C70H108FNO17. The quantitative estimate of drug-likeness (QED) is 0.0925. The molecule has 0 bridgehead atoms. The van der Waals surface area contributed by atoms with Gasteiger partial charge >= 0.3 is 5.97 Å². The smallest absolute Gasteiger partial charge is 0.331 e. The highest BCUT2D eigenvalue weighted by molar-refractivity contribution is 6.01. The van der Waals surface area contributed by atoms with Crippen molar-refractivity contribution in [3.05, 3.63) is 35.5 Å². The number of carbonyl (C=O) groups is 3. The standard InChI is InChI=1S/C29H44O12.C22H29FO5.C19H35N/c1-13-22(34)23(35)24(36)25(40-13)41-15-8-19(32)28(12-30)21-17(3-5-27(28,37)9-15)29(38)6-4-16(14-7-20(33)39-11-14)26(29,2)10-18(21)31;1-12-8-16-15-5-4-13-9-14(25)6-7-19(13,2)21(15,23)17(26)10-20(16,3)22(12,28)18(27)11-24;1-3-9-16(10-4-1)19(17-11-5-2-6-12-17)15-18-13-7-8-14-20-18/h7,13,15-19,21-25,30-32,34-38H,3-6,8-12H2,1-2H3;6-7,9,12,15-17,24,26,28H,4-5,8,10-11H2,1-3H3;16-20H,1-15H2/t13-,15-,16+,17+,18+,19+,21+,22-,23+,24+,25-,26+,27-,28+,29-;12-,15+,16+,17+,19+,20+,21+,22+;/m01./s1. The van der Waals surface area contributed by atoms with Crippen LogP contribution in [0.5, 0.6) is 0 Å². The number of hydrogen-bond donors (Lipinski definition) is 12. The van der Waals surface area contributed by atoms with Gasteiger partial charge in [-0.15, -0.1) is 0 Å². The molecule has 1 unspecified atom stereocenters. The van der Waals surface area contributed by atoms with Crippen molar-refractivity contribution in [3.63, 3.8) is 0 Å². The summed E-state index contributed by atoms with van der Waals surface area (Å²) >= 11 is 0. The van der Waals surface area contributed by atoms with E-state index in [1.54, 1.807) is 52.5 Å². The van der Waals surface area contributed by atoms with Crippen LogP contribution in [0.4, 0.5) is 4.39 Å². The maximum absolute atomic E-state index is 16.9. The Hall–Kier alpha value is -2.60. The minimum absolute atomic E-state index is 0.0369. The van der Waals surface area contributed by atoms with Crippen LogP contribution < -0.4 is 5.32 Å². The molecule has 0 spiro atoms. The number of aliphatic hydroxyl groups excluding tert-OH is 8. The van der Waals surface area contributed by atoms with Crippen molar-refractivity contribution in [3.8, 4) is 0 Å². The molecule has 18 nitrogen and oxygen atoms in total. The number of cyclic esters (lactones) is 1. The van der Waals surface area contributed by atoms with E-state index in [1.807, 2.05) is 6.92 Å². The van der Waals surface area contributed by atoms with E-state index in [1.165, 1.54) is 95.9 Å². The van der Waals surface area contributed by atoms with Gasteiger partial charge in [0.15, 0.2) is 23.5 Å². The molecule has 0 aromatic carbocycles. The van der Waals surface area contributed by atoms with Crippen LogP contribution >= 0.6 is 0 Å². The average molecular weight is 1250 g/mol. The molecule has 13 aliphatic rings. The van der Waals surface area contributed by atoms with Crippen molar-refractivity contribution in [2.24, 2.45) is 74.9 Å². The second kappa shape index (κ2) is 25.5. The number of Topliss-reactive ketones (excluding diaryl/α,β-unsaturated/α-hetero) is 1. The molecule has 3 aliphatic heterocycles. The summed E-state index contributed by atoms with van der Waals surface area (Å²) in [5, 5.41) is 125. The molecule has 89 heavy (non-hydrogen) atoms. The van der Waals surface area contributed by atoms with E-state index >= 15 is 4.39 Å². The van der Waals surface area contributed by atoms with Crippen molar-refractivity contribution < 1.29 is 89.2 Å². The van der Waals surface area contributed by atoms with Gasteiger partial charge in [-0.25, -0.2) is 9.18 Å². The highest BCUT2D eigenvalue weighted by Crippen LogP contribution is 2.73. The Balaban J connectivity index is 0.000000147. The molecule has 24 atom stereocenters. The number of ether oxygens (including phenoxy) is 3. The summed E-state index contributed by atoms with van der Waals surface area (Å²) in [5.74, 6) is -0.830. The molecular weight excluding hydrogens is 1150 g/mol. The number of alkyl halides is 1. The molecule has 10 aliphatic carbocycles. The molecule has 0 amide bonds. The minimum atomic E-state index is -1.98. The Morgan fingerprint density at radius 2 is 1.42 bits per heavy atom. The summed E-state index contributed by atoms with van der Waals surface area (Å²) in [6, 6.07) is 0.859. The number of aliphatic hydroxyl groups is 11. The summed E-state index contributed by atoms with van der Waals surface area (Å²) < 4.78 is 33.5. The number of allylic oxidation sites excluding steroid dienone is 4. The van der Waals surface area contributed by atoms with Crippen LogP contribution in [0.1, 0.15) is 195 Å². The normalized spacial score (nSPS) is 49.6. The monoisotopic (exact) mass is 1250 g/mol. The number of halogens is 1. The first-order chi connectivity index (χ1) is 42.1. The Morgan fingerprint density at radius 3 is 2.03 bits per heavy atom. The number of esters is 1. The third-order valence-electron chi connectivity index (χ3n) is 27.4. The van der Waals surface area contributed by atoms with Crippen molar-refractivity contribution >= 4 is 17.5 Å². The van der Waals surface area contributed by atoms with Crippen LogP contribution in [0.2, 0.25) is 0 Å². The molecule has 0 aromatic rings. The highest BCUT2D eigenvalue weighted by atomic mass is 19.1. The van der Waals surface area contributed by atoms with Crippen LogP contribution in [0, 0.1) is 74.9 Å². The zero-order valence-corrected chi connectivity index (χ0v) is 53.5. The first-order valence-corrected chi connectivity index (χ1v) is 34.7. The number of piperidine rings is 1. The van der Waals surface area contributed by atoms with Gasteiger partial charge in [0.2, 0.25) is 0 Å². The number of rotatable bonds is 10. The Morgan fingerprint density at radius 1 is 0.742 bits per heavy atom. The van der Waals surface area contributed by atoms with Gasteiger partial charge in [-0.3, -0.25) is 9.59 Å². The summed E-state index contributed by atoms with van der Waals surface area (Å²) in [5.41, 5.74) is -9.63. The molecule has 502 valence electrons. The van der Waals surface area contributed by atoms with E-state index in [2.05, 4.69) is 5.32 Å². The van der Waals surface area contributed by atoms with Gasteiger partial charge in [0.25, 0.3) is 0 Å². The van der Waals surface area contributed by atoms with Crippen LogP contribution in [0.3, 0.4) is 0 Å². The fraction of sp³-hybridized carbons (Fsp3) is 0.871. The average Bonchev–Trinajstić information content (AvgIpc) is 1.67. The summed E-state index contributed by atoms with van der Waals surface area (Å²) in [6.07, 6.45) is 18.9. The molecule has 11 fully saturated rings. The fourth-order valence-electron chi connectivity index (χ4n) is 22.7. The molecule has 12 N–H and O–H groups in total. The van der Waals surface area contributed by atoms with E-state index in [9.17, 15) is 70.6 Å². The van der Waals surface area contributed by atoms with Gasteiger partial charge in [0.1, 0.15) is 37.1 Å². The highest BCUT2D eigenvalue weighted by Gasteiger charge is 2.77. The number of nitrogens with one attached hydrogen (secondary N) is 1. The van der Waals surface area contributed by atoms with Crippen molar-refractivity contribution in [1.82, 2.24) is 5.32 Å². The zero-order valence-electron chi connectivity index (χ0n) is 53.5. The largest absolute Gasteiger partial charge is 0.458 e. The second-order valence-corrected chi connectivity index (χ2v) is 31.4. The van der Waals surface area contributed by atoms with E-state index < -0.39 is 148 Å². The first-order valence-electron chi connectivity index (χ1n) is 34.7. The van der Waals surface area contributed by atoms with E-state index in [-0.39, 0.29) is 56.3 Å². The maximum Gasteiger partial charge on any atom is 0.331 e. The minimum Gasteiger partial charge on any atom is -0.458 e. The number of carbonyl (C=O) groups excluding carboxylic acids is 3. The third-order valence-corrected chi connectivity index (χ3v) is 27.4. The van der Waals surface area contributed by atoms with Crippen LogP contribution in [-0.4, -0.2) is 184 Å². The molecule has 0 aromatic heterocycles. The molecule has 3 heterocycles. The summed E-state index contributed by atoms with van der Waals surface area (Å²) in [4.78, 5) is 36.2. The van der Waals surface area contributed by atoms with Crippen LogP contribution in [-0.2, 0) is 28.6 Å². The predicted octanol–water partition coefficient (Wildman–Crippen LogP) is 5.68.